The van der Waals surface area contributed by atoms with Crippen LogP contribution in [0, 0.1) is 13.8 Å². The fraction of sp³-hybridized carbons (Fsp3) is 0.333. The Hall–Kier alpha value is -2.16. The van der Waals surface area contributed by atoms with E-state index in [1.807, 2.05) is 38.2 Å². The van der Waals surface area contributed by atoms with E-state index in [-0.39, 0.29) is 0 Å². The highest BCUT2D eigenvalue weighted by Crippen LogP contribution is 2.34. The molecule has 3 rings (SSSR count). The molecule has 1 aliphatic rings. The first-order valence-electron chi connectivity index (χ1n) is 7.34. The Labute approximate surface area is 125 Å². The Morgan fingerprint density at radius 2 is 1.95 bits per heavy atom. The average Bonchev–Trinajstić information content (AvgIpc) is 2.49. The molecule has 0 saturated heterocycles. The summed E-state index contributed by atoms with van der Waals surface area (Å²) in [6.07, 6.45) is 2.72. The predicted octanol–water partition coefficient (Wildman–Crippen LogP) is 4.05. The Morgan fingerprint density at radius 3 is 2.67 bits per heavy atom. The van der Waals surface area contributed by atoms with Crippen LogP contribution in [0.15, 0.2) is 41.5 Å². The summed E-state index contributed by atoms with van der Waals surface area (Å²) in [5.74, 6) is 0.894. The van der Waals surface area contributed by atoms with Crippen LogP contribution in [0.4, 0.5) is 0 Å². The molecule has 0 aliphatic carbocycles. The zero-order chi connectivity index (χ0) is 15.0. The molecule has 1 unspecified atom stereocenters. The molecule has 0 fully saturated rings. The van der Waals surface area contributed by atoms with Crippen molar-refractivity contribution in [2.75, 3.05) is 0 Å². The standard InChI is InChI=1S/C18H20N2O/c1-5-18(4)20-17(14-10-12(2)13(3)19-11-14)15-8-6-7-9-16(15)21-18/h6-11H,5H2,1-4H3. The summed E-state index contributed by atoms with van der Waals surface area (Å²) in [4.78, 5) is 9.35. The van der Waals surface area contributed by atoms with Crippen LogP contribution in [0.1, 0.15) is 42.7 Å². The zero-order valence-corrected chi connectivity index (χ0v) is 13.0. The molecule has 0 radical (unpaired) electrons. The van der Waals surface area contributed by atoms with Gasteiger partial charge in [0.15, 0.2) is 5.72 Å². The summed E-state index contributed by atoms with van der Waals surface area (Å²) in [7, 11) is 0. The molecule has 1 aromatic carbocycles. The molecule has 1 atom stereocenters. The number of hydrogen-bond donors (Lipinski definition) is 0. The van der Waals surface area contributed by atoms with Crippen LogP contribution in [-0.4, -0.2) is 16.4 Å². The topological polar surface area (TPSA) is 34.5 Å². The summed E-state index contributed by atoms with van der Waals surface area (Å²) in [6, 6.07) is 10.2. The van der Waals surface area contributed by atoms with Gasteiger partial charge in [0, 0.05) is 29.4 Å². The van der Waals surface area contributed by atoms with Crippen molar-refractivity contribution in [3.63, 3.8) is 0 Å². The van der Waals surface area contributed by atoms with Crippen molar-refractivity contribution in [3.8, 4) is 5.75 Å². The van der Waals surface area contributed by atoms with Crippen LogP contribution < -0.4 is 4.74 Å². The van der Waals surface area contributed by atoms with Gasteiger partial charge in [-0.1, -0.05) is 19.1 Å². The van der Waals surface area contributed by atoms with Gasteiger partial charge in [0.05, 0.1) is 5.71 Å². The van der Waals surface area contributed by atoms with E-state index in [9.17, 15) is 0 Å². The molecule has 2 heterocycles. The van der Waals surface area contributed by atoms with Crippen molar-refractivity contribution in [1.29, 1.82) is 0 Å². The summed E-state index contributed by atoms with van der Waals surface area (Å²) >= 11 is 0. The van der Waals surface area contributed by atoms with E-state index in [1.165, 1.54) is 5.56 Å². The van der Waals surface area contributed by atoms with Gasteiger partial charge in [-0.15, -0.1) is 0 Å². The van der Waals surface area contributed by atoms with Crippen LogP contribution in [0.25, 0.3) is 0 Å². The van der Waals surface area contributed by atoms with Gasteiger partial charge in [-0.05, 0) is 44.5 Å². The number of fused-ring (bicyclic) bond motifs is 1. The van der Waals surface area contributed by atoms with Gasteiger partial charge in [-0.3, -0.25) is 4.98 Å². The first kappa shape index (κ1) is 13.8. The van der Waals surface area contributed by atoms with Crippen molar-refractivity contribution in [2.45, 2.75) is 39.8 Å². The highest BCUT2D eigenvalue weighted by molar-refractivity contribution is 6.15. The third-order valence-corrected chi connectivity index (χ3v) is 4.09. The second kappa shape index (κ2) is 4.99. The van der Waals surface area contributed by atoms with E-state index in [1.54, 1.807) is 0 Å². The number of aromatic nitrogens is 1. The molecule has 0 saturated carbocycles. The van der Waals surface area contributed by atoms with Crippen molar-refractivity contribution in [1.82, 2.24) is 4.98 Å². The van der Waals surface area contributed by atoms with Gasteiger partial charge < -0.3 is 4.74 Å². The van der Waals surface area contributed by atoms with Crippen molar-refractivity contribution in [3.05, 3.63) is 58.9 Å². The number of benzene rings is 1. The van der Waals surface area contributed by atoms with Crippen LogP contribution in [-0.2, 0) is 0 Å². The van der Waals surface area contributed by atoms with E-state index < -0.39 is 5.72 Å². The summed E-state index contributed by atoms with van der Waals surface area (Å²) in [6.45, 7) is 8.22. The number of hydrogen-bond acceptors (Lipinski definition) is 3. The van der Waals surface area contributed by atoms with E-state index in [0.717, 1.165) is 34.7 Å². The molecule has 0 N–H and O–H groups in total. The fourth-order valence-electron chi connectivity index (χ4n) is 2.45. The molecule has 21 heavy (non-hydrogen) atoms. The second-order valence-corrected chi connectivity index (χ2v) is 5.71. The van der Waals surface area contributed by atoms with Crippen LogP contribution in [0.2, 0.25) is 0 Å². The van der Waals surface area contributed by atoms with Gasteiger partial charge in [-0.25, -0.2) is 4.99 Å². The SMILES string of the molecule is CCC1(C)N=C(c2cnc(C)c(C)c2)c2ccccc2O1. The lowest BCUT2D eigenvalue weighted by atomic mass is 9.98. The van der Waals surface area contributed by atoms with E-state index in [0.29, 0.717) is 0 Å². The summed E-state index contributed by atoms with van der Waals surface area (Å²) in [5.41, 5.74) is 4.77. The third kappa shape index (κ3) is 2.44. The van der Waals surface area contributed by atoms with Crippen LogP contribution in [0.3, 0.4) is 0 Å². The minimum Gasteiger partial charge on any atom is -0.466 e. The van der Waals surface area contributed by atoms with E-state index in [2.05, 4.69) is 31.0 Å². The molecule has 0 spiro atoms. The smallest absolute Gasteiger partial charge is 0.197 e. The summed E-state index contributed by atoms with van der Waals surface area (Å²) < 4.78 is 6.07. The zero-order valence-electron chi connectivity index (χ0n) is 13.0. The van der Waals surface area contributed by atoms with E-state index >= 15 is 0 Å². The van der Waals surface area contributed by atoms with Crippen LogP contribution >= 0.6 is 0 Å². The minimum absolute atomic E-state index is 0.511. The molecule has 1 aliphatic heterocycles. The molecule has 0 amide bonds. The third-order valence-electron chi connectivity index (χ3n) is 4.09. The molecule has 1 aromatic heterocycles. The average molecular weight is 280 g/mol. The number of aryl methyl sites for hydroxylation is 2. The van der Waals surface area contributed by atoms with Crippen molar-refractivity contribution >= 4 is 5.71 Å². The molecular formula is C18H20N2O. The minimum atomic E-state index is -0.511. The molecule has 3 heteroatoms. The first-order valence-corrected chi connectivity index (χ1v) is 7.34. The Kier molecular flexibility index (Phi) is 3.28. The molecule has 108 valence electrons. The molecular weight excluding hydrogens is 260 g/mol. The van der Waals surface area contributed by atoms with E-state index in [4.69, 9.17) is 9.73 Å². The molecule has 3 nitrogen and oxygen atoms in total. The highest BCUT2D eigenvalue weighted by atomic mass is 16.5. The fourth-order valence-corrected chi connectivity index (χ4v) is 2.45. The quantitative estimate of drug-likeness (QED) is 0.831. The first-order chi connectivity index (χ1) is 10.0. The van der Waals surface area contributed by atoms with Crippen LogP contribution in [0.5, 0.6) is 5.75 Å². The second-order valence-electron chi connectivity index (χ2n) is 5.71. The Morgan fingerprint density at radius 1 is 1.19 bits per heavy atom. The maximum Gasteiger partial charge on any atom is 0.197 e. The lowest BCUT2D eigenvalue weighted by molar-refractivity contribution is 0.0903. The van der Waals surface area contributed by atoms with Crippen molar-refractivity contribution in [2.24, 2.45) is 4.99 Å². The number of pyridine rings is 1. The molecule has 0 bridgehead atoms. The summed E-state index contributed by atoms with van der Waals surface area (Å²) in [5, 5.41) is 0. The molecule has 2 aromatic rings. The van der Waals surface area contributed by atoms with Gasteiger partial charge in [0.2, 0.25) is 0 Å². The number of nitrogens with zero attached hydrogens (tertiary/aromatic N) is 2. The number of aliphatic imine (C=N–C) groups is 1. The van der Waals surface area contributed by atoms with Crippen molar-refractivity contribution < 1.29 is 4.74 Å². The van der Waals surface area contributed by atoms with Gasteiger partial charge in [0.1, 0.15) is 5.75 Å². The van der Waals surface area contributed by atoms with Gasteiger partial charge >= 0.3 is 0 Å². The lowest BCUT2D eigenvalue weighted by Crippen LogP contribution is -2.35. The predicted molar refractivity (Wildman–Crippen MR) is 85.1 cm³/mol. The Bertz CT molecular complexity index is 721. The maximum atomic E-state index is 6.07. The Balaban J connectivity index is 2.19. The largest absolute Gasteiger partial charge is 0.466 e. The highest BCUT2D eigenvalue weighted by Gasteiger charge is 2.31. The number of para-hydroxylation sites is 1. The maximum absolute atomic E-state index is 6.07. The van der Waals surface area contributed by atoms with Gasteiger partial charge in [-0.2, -0.15) is 0 Å². The number of ether oxygens (including phenoxy) is 1. The normalized spacial score (nSPS) is 20.5. The van der Waals surface area contributed by atoms with Gasteiger partial charge in [0.25, 0.3) is 0 Å². The lowest BCUT2D eigenvalue weighted by Gasteiger charge is -2.32. The number of rotatable bonds is 2. The monoisotopic (exact) mass is 280 g/mol.